The number of amides is 1. The molecule has 0 unspecified atom stereocenters. The molecule has 0 saturated heterocycles. The van der Waals surface area contributed by atoms with E-state index in [1.54, 1.807) is 4.68 Å². The van der Waals surface area contributed by atoms with E-state index in [0.29, 0.717) is 28.1 Å². The van der Waals surface area contributed by atoms with Gasteiger partial charge in [0, 0.05) is 0 Å². The van der Waals surface area contributed by atoms with E-state index in [2.05, 4.69) is 29.5 Å². The molecular weight excluding hydrogens is 400 g/mol. The first kappa shape index (κ1) is 21.6. The minimum absolute atomic E-state index is 0.129. The first-order chi connectivity index (χ1) is 14.5. The maximum Gasteiger partial charge on any atom is 0.277 e. The second-order valence-corrected chi connectivity index (χ2v) is 7.36. The Morgan fingerprint density at radius 1 is 1.23 bits per heavy atom. The molecule has 1 heterocycles. The number of hydrogen-bond acceptors (Lipinski definition) is 4. The first-order valence-electron chi connectivity index (χ1n) is 9.84. The third-order valence-electron chi connectivity index (χ3n) is 4.86. The van der Waals surface area contributed by atoms with E-state index in [0.717, 1.165) is 12.1 Å². The Kier molecular flexibility index (Phi) is 7.25. The van der Waals surface area contributed by atoms with Crippen molar-refractivity contribution in [3.63, 3.8) is 0 Å². The highest BCUT2D eigenvalue weighted by atomic mass is 35.5. The second-order valence-electron chi connectivity index (χ2n) is 7.00. The van der Waals surface area contributed by atoms with Gasteiger partial charge in [-0.1, -0.05) is 55.8 Å². The van der Waals surface area contributed by atoms with Crippen molar-refractivity contribution in [2.45, 2.75) is 33.1 Å². The van der Waals surface area contributed by atoms with Crippen LogP contribution in [0, 0.1) is 6.92 Å². The summed E-state index contributed by atoms with van der Waals surface area (Å²) < 4.78 is 7.15. The van der Waals surface area contributed by atoms with Gasteiger partial charge >= 0.3 is 0 Å². The highest BCUT2D eigenvalue weighted by Gasteiger charge is 2.13. The normalized spacial score (nSPS) is 12.1. The third-order valence-corrected chi connectivity index (χ3v) is 5.23. The number of aromatic nitrogens is 2. The Morgan fingerprint density at radius 3 is 2.60 bits per heavy atom. The van der Waals surface area contributed by atoms with E-state index in [-0.39, 0.29) is 12.5 Å². The lowest BCUT2D eigenvalue weighted by Crippen LogP contribution is -2.24. The molecule has 0 aliphatic rings. The molecule has 0 fully saturated rings. The predicted molar refractivity (Wildman–Crippen MR) is 120 cm³/mol. The van der Waals surface area contributed by atoms with Crippen LogP contribution in [0.5, 0.6) is 5.75 Å². The van der Waals surface area contributed by atoms with E-state index in [1.165, 1.54) is 11.8 Å². The van der Waals surface area contributed by atoms with Crippen molar-refractivity contribution >= 4 is 23.7 Å². The van der Waals surface area contributed by atoms with Crippen LogP contribution in [0.3, 0.4) is 0 Å². The van der Waals surface area contributed by atoms with Crippen molar-refractivity contribution in [3.8, 4) is 11.4 Å². The van der Waals surface area contributed by atoms with Crippen LogP contribution in [-0.2, 0) is 4.79 Å². The molecule has 1 aromatic heterocycles. The quantitative estimate of drug-likeness (QED) is 0.414. The smallest absolute Gasteiger partial charge is 0.277 e. The SMILES string of the molecule is CC[C@@H](C)c1ccc(OCC(=O)N/N=C\c2c(C)nn(-c3ccccc3)c2Cl)cc1. The Balaban J connectivity index is 1.55. The monoisotopic (exact) mass is 424 g/mol. The molecule has 1 amide bonds. The molecule has 0 radical (unpaired) electrons. The van der Waals surface area contributed by atoms with Crippen LogP contribution in [0.1, 0.15) is 43.0 Å². The van der Waals surface area contributed by atoms with E-state index in [4.69, 9.17) is 16.3 Å². The summed E-state index contributed by atoms with van der Waals surface area (Å²) in [5.74, 6) is 0.781. The maximum absolute atomic E-state index is 12.0. The summed E-state index contributed by atoms with van der Waals surface area (Å²) >= 11 is 6.44. The fourth-order valence-electron chi connectivity index (χ4n) is 2.88. The number of benzene rings is 2. The van der Waals surface area contributed by atoms with Gasteiger partial charge in [0.15, 0.2) is 6.61 Å². The number of rotatable bonds is 8. The highest BCUT2D eigenvalue weighted by molar-refractivity contribution is 6.32. The highest BCUT2D eigenvalue weighted by Crippen LogP contribution is 2.22. The van der Waals surface area contributed by atoms with E-state index >= 15 is 0 Å². The van der Waals surface area contributed by atoms with Gasteiger partial charge in [0.1, 0.15) is 10.9 Å². The number of carbonyl (C=O) groups excluding carboxylic acids is 1. The number of nitrogens with zero attached hydrogens (tertiary/aromatic N) is 3. The molecule has 0 aliphatic carbocycles. The first-order valence-corrected chi connectivity index (χ1v) is 10.2. The molecular formula is C23H25ClN4O2. The predicted octanol–water partition coefficient (Wildman–Crippen LogP) is 4.88. The summed E-state index contributed by atoms with van der Waals surface area (Å²) in [6, 6.07) is 17.4. The van der Waals surface area contributed by atoms with Gasteiger partial charge in [-0.15, -0.1) is 0 Å². The second kappa shape index (κ2) is 10.1. The van der Waals surface area contributed by atoms with Crippen LogP contribution in [0.4, 0.5) is 0 Å². The van der Waals surface area contributed by atoms with Gasteiger partial charge in [0.2, 0.25) is 0 Å². The van der Waals surface area contributed by atoms with E-state index < -0.39 is 0 Å². The topological polar surface area (TPSA) is 68.5 Å². The third kappa shape index (κ3) is 5.27. The van der Waals surface area contributed by atoms with Gasteiger partial charge in [-0.3, -0.25) is 4.79 Å². The summed E-state index contributed by atoms with van der Waals surface area (Å²) in [6.07, 6.45) is 2.57. The van der Waals surface area contributed by atoms with Gasteiger partial charge in [-0.2, -0.15) is 10.2 Å². The van der Waals surface area contributed by atoms with Gasteiger partial charge in [-0.25, -0.2) is 10.1 Å². The lowest BCUT2D eigenvalue weighted by molar-refractivity contribution is -0.123. The lowest BCUT2D eigenvalue weighted by Gasteiger charge is -2.10. The number of aryl methyl sites for hydroxylation is 1. The minimum atomic E-state index is -0.360. The maximum atomic E-state index is 12.0. The average molecular weight is 425 g/mol. The minimum Gasteiger partial charge on any atom is -0.484 e. The van der Waals surface area contributed by atoms with Crippen molar-refractivity contribution in [2.24, 2.45) is 5.10 Å². The van der Waals surface area contributed by atoms with Gasteiger partial charge in [0.25, 0.3) is 5.91 Å². The Labute approximate surface area is 181 Å². The zero-order valence-corrected chi connectivity index (χ0v) is 18.1. The molecule has 0 spiro atoms. The van der Waals surface area contributed by atoms with Crippen LogP contribution >= 0.6 is 11.6 Å². The summed E-state index contributed by atoms with van der Waals surface area (Å²) in [5, 5.41) is 8.85. The molecule has 1 N–H and O–H groups in total. The molecule has 0 bridgehead atoms. The Hall–Kier alpha value is -3.12. The molecule has 30 heavy (non-hydrogen) atoms. The molecule has 156 valence electrons. The molecule has 1 atom stereocenters. The zero-order valence-electron chi connectivity index (χ0n) is 17.3. The number of hydrogen-bond donors (Lipinski definition) is 1. The van der Waals surface area contributed by atoms with Crippen LogP contribution < -0.4 is 10.2 Å². The molecule has 2 aromatic carbocycles. The number of hydrazone groups is 1. The van der Waals surface area contributed by atoms with E-state index in [1.807, 2.05) is 61.5 Å². The Bertz CT molecular complexity index is 1010. The van der Waals surface area contributed by atoms with Crippen LogP contribution in [0.25, 0.3) is 5.69 Å². The molecule has 6 nitrogen and oxygen atoms in total. The fourth-order valence-corrected chi connectivity index (χ4v) is 3.20. The molecule has 3 rings (SSSR count). The molecule has 7 heteroatoms. The largest absolute Gasteiger partial charge is 0.484 e. The van der Waals surface area contributed by atoms with E-state index in [9.17, 15) is 4.79 Å². The van der Waals surface area contributed by atoms with Crippen LogP contribution in [-0.4, -0.2) is 28.5 Å². The van der Waals surface area contributed by atoms with Crippen molar-refractivity contribution in [1.29, 1.82) is 0 Å². The van der Waals surface area contributed by atoms with Crippen LogP contribution in [0.15, 0.2) is 59.7 Å². The number of para-hydroxylation sites is 1. The summed E-state index contributed by atoms with van der Waals surface area (Å²) in [6.45, 7) is 6.04. The summed E-state index contributed by atoms with van der Waals surface area (Å²) in [4.78, 5) is 12.0. The number of halogens is 1. The van der Waals surface area contributed by atoms with Crippen molar-refractivity contribution in [3.05, 3.63) is 76.6 Å². The van der Waals surface area contributed by atoms with Crippen molar-refractivity contribution < 1.29 is 9.53 Å². The lowest BCUT2D eigenvalue weighted by atomic mass is 9.99. The fraction of sp³-hybridized carbons (Fsp3) is 0.261. The summed E-state index contributed by atoms with van der Waals surface area (Å²) in [7, 11) is 0. The number of carbonyl (C=O) groups is 1. The average Bonchev–Trinajstić information content (AvgIpc) is 3.06. The Morgan fingerprint density at radius 2 is 1.93 bits per heavy atom. The molecule has 0 saturated carbocycles. The van der Waals surface area contributed by atoms with Crippen LogP contribution in [0.2, 0.25) is 5.15 Å². The standard InChI is InChI=1S/C23H25ClN4O2/c1-4-16(2)18-10-12-20(13-11-18)30-15-22(29)26-25-14-21-17(3)27-28(23(21)24)19-8-6-5-7-9-19/h5-14,16H,4,15H2,1-3H3,(H,26,29)/b25-14-/t16-/m1/s1. The van der Waals surface area contributed by atoms with Crippen molar-refractivity contribution in [1.82, 2.24) is 15.2 Å². The molecule has 0 aliphatic heterocycles. The van der Waals surface area contributed by atoms with Gasteiger partial charge in [0.05, 0.1) is 23.2 Å². The zero-order chi connectivity index (χ0) is 21.5. The number of nitrogens with one attached hydrogen (secondary N) is 1. The summed E-state index contributed by atoms with van der Waals surface area (Å²) in [5.41, 5.74) is 5.90. The van der Waals surface area contributed by atoms with Crippen molar-refractivity contribution in [2.75, 3.05) is 6.61 Å². The number of ether oxygens (including phenoxy) is 1. The van der Waals surface area contributed by atoms with Gasteiger partial charge in [-0.05, 0) is 49.1 Å². The molecule has 3 aromatic rings. The van der Waals surface area contributed by atoms with Gasteiger partial charge < -0.3 is 4.74 Å².